The summed E-state index contributed by atoms with van der Waals surface area (Å²) in [4.78, 5) is 0. The van der Waals surface area contributed by atoms with E-state index < -0.39 is 8.07 Å². The van der Waals surface area contributed by atoms with Crippen molar-refractivity contribution in [1.82, 2.24) is 0 Å². The Morgan fingerprint density at radius 2 is 0.875 bits per heavy atom. The van der Waals surface area contributed by atoms with Crippen molar-refractivity contribution in [2.24, 2.45) is 0 Å². The van der Waals surface area contributed by atoms with Gasteiger partial charge in [0, 0.05) is 5.02 Å². The van der Waals surface area contributed by atoms with Crippen molar-refractivity contribution in [2.45, 2.75) is 0 Å². The van der Waals surface area contributed by atoms with E-state index in [0.717, 1.165) is 5.02 Å². The molecule has 32 heavy (non-hydrogen) atoms. The first-order chi connectivity index (χ1) is 15.8. The van der Waals surface area contributed by atoms with E-state index in [1.165, 1.54) is 43.0 Å². The van der Waals surface area contributed by atoms with Gasteiger partial charge < -0.3 is 0 Å². The van der Waals surface area contributed by atoms with Crippen LogP contribution in [0.15, 0.2) is 127 Å². The van der Waals surface area contributed by atoms with E-state index in [1.807, 2.05) is 6.07 Å². The molecule has 0 amide bonds. The number of halogens is 1. The molecule has 0 saturated heterocycles. The van der Waals surface area contributed by atoms with Crippen molar-refractivity contribution in [3.05, 3.63) is 132 Å². The molecule has 1 aliphatic rings. The Balaban J connectivity index is 1.90. The van der Waals surface area contributed by atoms with Crippen molar-refractivity contribution < 1.29 is 0 Å². The van der Waals surface area contributed by atoms with Crippen LogP contribution in [0.5, 0.6) is 0 Å². The number of fused-ring (bicyclic) bond motifs is 5. The highest BCUT2D eigenvalue weighted by Gasteiger charge is 2.46. The quantitative estimate of drug-likeness (QED) is 0.315. The van der Waals surface area contributed by atoms with Crippen LogP contribution >= 0.6 is 11.6 Å². The first kappa shape index (κ1) is 19.3. The Hall–Kier alpha value is -3.39. The Labute approximate surface area is 194 Å². The predicted molar refractivity (Wildman–Crippen MR) is 139 cm³/mol. The normalized spacial score (nSPS) is 13.4. The van der Waals surface area contributed by atoms with Crippen LogP contribution in [0.4, 0.5) is 0 Å². The van der Waals surface area contributed by atoms with E-state index in [2.05, 4.69) is 121 Å². The second-order valence-electron chi connectivity index (χ2n) is 8.26. The minimum atomic E-state index is -2.64. The van der Waals surface area contributed by atoms with Crippen molar-refractivity contribution in [1.29, 1.82) is 0 Å². The molecule has 6 rings (SSSR count). The molecule has 0 aliphatic carbocycles. The van der Waals surface area contributed by atoms with Gasteiger partial charge in [-0.15, -0.1) is 0 Å². The largest absolute Gasteiger partial charge is 0.180 e. The zero-order valence-corrected chi connectivity index (χ0v) is 19.3. The SMILES string of the molecule is Clc1ccc2c(c1)[Si](c1ccccc1)(c1ccccc1)c1ccccc1-c1ccccc1-2. The summed E-state index contributed by atoms with van der Waals surface area (Å²) in [5.74, 6) is 0. The highest BCUT2D eigenvalue weighted by molar-refractivity contribution is 7.21. The molecule has 1 aliphatic heterocycles. The topological polar surface area (TPSA) is 0 Å². The van der Waals surface area contributed by atoms with E-state index >= 15 is 0 Å². The maximum absolute atomic E-state index is 6.71. The van der Waals surface area contributed by atoms with Gasteiger partial charge >= 0.3 is 0 Å². The molecule has 152 valence electrons. The summed E-state index contributed by atoms with van der Waals surface area (Å²) in [7, 11) is -2.64. The first-order valence-electron chi connectivity index (χ1n) is 10.9. The minimum Gasteiger partial charge on any atom is -0.0843 e. The van der Waals surface area contributed by atoms with Crippen LogP contribution in [-0.2, 0) is 0 Å². The zero-order valence-electron chi connectivity index (χ0n) is 17.5. The lowest BCUT2D eigenvalue weighted by Gasteiger charge is -2.35. The Morgan fingerprint density at radius 1 is 0.406 bits per heavy atom. The second-order valence-corrected chi connectivity index (χ2v) is 12.4. The molecule has 0 bridgehead atoms. The summed E-state index contributed by atoms with van der Waals surface area (Å²) in [6, 6.07) is 46.3. The molecule has 2 heteroatoms. The molecule has 0 unspecified atom stereocenters. The van der Waals surface area contributed by atoms with Crippen LogP contribution in [0.1, 0.15) is 0 Å². The van der Waals surface area contributed by atoms with Crippen LogP contribution < -0.4 is 20.7 Å². The number of hydrogen-bond acceptors (Lipinski definition) is 0. The van der Waals surface area contributed by atoms with E-state index in [4.69, 9.17) is 11.6 Å². The van der Waals surface area contributed by atoms with Gasteiger partial charge in [-0.2, -0.15) is 0 Å². The van der Waals surface area contributed by atoms with E-state index in [0.29, 0.717) is 0 Å². The molecule has 0 fully saturated rings. The molecule has 0 radical (unpaired) electrons. The number of benzene rings is 5. The van der Waals surface area contributed by atoms with Gasteiger partial charge in [0.2, 0.25) is 0 Å². The maximum Gasteiger partial charge on any atom is 0.180 e. The maximum atomic E-state index is 6.71. The summed E-state index contributed by atoms with van der Waals surface area (Å²) in [5.41, 5.74) is 5.15. The summed E-state index contributed by atoms with van der Waals surface area (Å²) in [6.07, 6.45) is 0. The lowest BCUT2D eigenvalue weighted by molar-refractivity contribution is 1.62. The monoisotopic (exact) mass is 444 g/mol. The third kappa shape index (κ3) is 2.75. The van der Waals surface area contributed by atoms with E-state index in [-0.39, 0.29) is 0 Å². The highest BCUT2D eigenvalue weighted by Crippen LogP contribution is 2.36. The fourth-order valence-electron chi connectivity index (χ4n) is 5.37. The smallest absolute Gasteiger partial charge is 0.0843 e. The molecule has 0 atom stereocenters. The zero-order chi connectivity index (χ0) is 21.5. The average Bonchev–Trinajstić information content (AvgIpc) is 2.96. The fraction of sp³-hybridized carbons (Fsp3) is 0. The van der Waals surface area contributed by atoms with Gasteiger partial charge in [0.05, 0.1) is 0 Å². The van der Waals surface area contributed by atoms with E-state index in [1.54, 1.807) is 0 Å². The molecule has 0 spiro atoms. The van der Waals surface area contributed by atoms with Crippen molar-refractivity contribution in [2.75, 3.05) is 0 Å². The van der Waals surface area contributed by atoms with Crippen LogP contribution in [0.2, 0.25) is 5.02 Å². The fourth-order valence-corrected chi connectivity index (χ4v) is 10.8. The molecule has 5 aromatic carbocycles. The minimum absolute atomic E-state index is 0.782. The van der Waals surface area contributed by atoms with Crippen molar-refractivity contribution >= 4 is 40.4 Å². The lowest BCUT2D eigenvalue weighted by atomic mass is 9.95. The summed E-state index contributed by atoms with van der Waals surface area (Å²) in [5, 5.41) is 6.28. The summed E-state index contributed by atoms with van der Waals surface area (Å²) in [6.45, 7) is 0. The van der Waals surface area contributed by atoms with Gasteiger partial charge in [0.1, 0.15) is 0 Å². The Bertz CT molecular complexity index is 1380. The molecular formula is C30H21ClSi. The molecule has 0 aromatic heterocycles. The van der Waals surface area contributed by atoms with Gasteiger partial charge in [-0.3, -0.25) is 0 Å². The third-order valence-corrected chi connectivity index (χ3v) is 11.7. The Kier molecular flexibility index (Phi) is 4.60. The van der Waals surface area contributed by atoms with Crippen LogP contribution in [0, 0.1) is 0 Å². The molecule has 0 N–H and O–H groups in total. The highest BCUT2D eigenvalue weighted by atomic mass is 35.5. The Morgan fingerprint density at radius 3 is 1.47 bits per heavy atom. The van der Waals surface area contributed by atoms with Crippen LogP contribution in [-0.4, -0.2) is 8.07 Å². The molecule has 5 aromatic rings. The second kappa shape index (κ2) is 7.63. The molecule has 0 saturated carbocycles. The summed E-state index contributed by atoms with van der Waals surface area (Å²) < 4.78 is 0. The predicted octanol–water partition coefficient (Wildman–Crippen LogP) is 5.36. The third-order valence-electron chi connectivity index (χ3n) is 6.64. The lowest BCUT2D eigenvalue weighted by Crippen LogP contribution is -2.75. The molecular weight excluding hydrogens is 424 g/mol. The average molecular weight is 445 g/mol. The van der Waals surface area contributed by atoms with Crippen molar-refractivity contribution in [3.63, 3.8) is 0 Å². The molecule has 0 nitrogen and oxygen atoms in total. The van der Waals surface area contributed by atoms with Gasteiger partial charge in [-0.1, -0.05) is 127 Å². The van der Waals surface area contributed by atoms with Crippen LogP contribution in [0.25, 0.3) is 22.3 Å². The van der Waals surface area contributed by atoms with Gasteiger partial charge in [-0.25, -0.2) is 0 Å². The van der Waals surface area contributed by atoms with Crippen molar-refractivity contribution in [3.8, 4) is 22.3 Å². The van der Waals surface area contributed by atoms with Gasteiger partial charge in [-0.05, 0) is 55.1 Å². The van der Waals surface area contributed by atoms with E-state index in [9.17, 15) is 0 Å². The molecule has 1 heterocycles. The van der Waals surface area contributed by atoms with Gasteiger partial charge in [0.15, 0.2) is 8.07 Å². The van der Waals surface area contributed by atoms with Crippen LogP contribution in [0.3, 0.4) is 0 Å². The van der Waals surface area contributed by atoms with Gasteiger partial charge in [0.25, 0.3) is 0 Å². The number of rotatable bonds is 2. The number of hydrogen-bond donors (Lipinski definition) is 0. The summed E-state index contributed by atoms with van der Waals surface area (Å²) >= 11 is 6.71. The standard InChI is InChI=1S/C30H21ClSi/c31-22-19-20-28-26-16-8-7-15-25(26)27-17-9-10-18-29(27)32(30(28)21-22,23-11-3-1-4-12-23)24-13-5-2-6-14-24/h1-21H. The first-order valence-corrected chi connectivity index (χ1v) is 13.3.